The first-order chi connectivity index (χ1) is 9.54. The Kier molecular flexibility index (Phi) is 4.58. The molecule has 0 atom stereocenters. The quantitative estimate of drug-likeness (QED) is 0.636. The predicted molar refractivity (Wildman–Crippen MR) is 73.7 cm³/mol. The van der Waals surface area contributed by atoms with Gasteiger partial charge >= 0.3 is 5.97 Å². The minimum atomic E-state index is -0.564. The zero-order chi connectivity index (χ0) is 14.5. The minimum Gasteiger partial charge on any atom is -0.482 e. The molecule has 2 rings (SSSR count). The Morgan fingerprint density at radius 1 is 1.20 bits per heavy atom. The second-order valence-electron chi connectivity index (χ2n) is 4.13. The molecule has 2 aromatic rings. The Morgan fingerprint density at radius 2 is 1.90 bits per heavy atom. The lowest BCUT2D eigenvalue weighted by Gasteiger charge is -2.09. The Morgan fingerprint density at radius 3 is 2.55 bits per heavy atom. The summed E-state index contributed by atoms with van der Waals surface area (Å²) in [6, 6.07) is 10.3. The molecular weight excluding hydrogens is 283 g/mol. The topological polar surface area (TPSA) is 35.5 Å². The predicted octanol–water partition coefficient (Wildman–Crippen LogP) is 3.77. The van der Waals surface area contributed by atoms with E-state index in [1.165, 1.54) is 24.3 Å². The molecular formula is C15H12ClFO3. The molecule has 0 aliphatic heterocycles. The van der Waals surface area contributed by atoms with Gasteiger partial charge in [-0.15, -0.1) is 0 Å². The summed E-state index contributed by atoms with van der Waals surface area (Å²) in [4.78, 5) is 11.6. The molecule has 3 nitrogen and oxygen atoms in total. The van der Waals surface area contributed by atoms with Crippen molar-refractivity contribution in [2.45, 2.75) is 6.92 Å². The molecule has 0 saturated carbocycles. The summed E-state index contributed by atoms with van der Waals surface area (Å²) in [5.74, 6) is -0.123. The number of benzene rings is 2. The highest BCUT2D eigenvalue weighted by molar-refractivity contribution is 6.30. The smallest absolute Gasteiger partial charge is 0.349 e. The number of ether oxygens (including phenoxy) is 2. The first-order valence-corrected chi connectivity index (χ1v) is 6.27. The molecule has 0 unspecified atom stereocenters. The van der Waals surface area contributed by atoms with Crippen molar-refractivity contribution in [2.75, 3.05) is 6.61 Å². The van der Waals surface area contributed by atoms with Gasteiger partial charge in [-0.05, 0) is 55.0 Å². The highest BCUT2D eigenvalue weighted by Gasteiger charge is 2.08. The van der Waals surface area contributed by atoms with Crippen LogP contribution in [-0.2, 0) is 4.79 Å². The van der Waals surface area contributed by atoms with Crippen LogP contribution in [0.25, 0.3) is 0 Å². The maximum absolute atomic E-state index is 12.7. The molecule has 0 fully saturated rings. The van der Waals surface area contributed by atoms with Crippen molar-refractivity contribution in [3.8, 4) is 11.5 Å². The van der Waals surface area contributed by atoms with Gasteiger partial charge in [0.2, 0.25) is 0 Å². The van der Waals surface area contributed by atoms with Crippen molar-refractivity contribution in [1.29, 1.82) is 0 Å². The SMILES string of the molecule is Cc1cc(Cl)ccc1OCC(=O)Oc1ccc(F)cc1. The number of carbonyl (C=O) groups is 1. The Balaban J connectivity index is 1.90. The fourth-order valence-electron chi connectivity index (χ4n) is 1.57. The van der Waals surface area contributed by atoms with E-state index < -0.39 is 11.8 Å². The van der Waals surface area contributed by atoms with Crippen LogP contribution in [0.3, 0.4) is 0 Å². The van der Waals surface area contributed by atoms with Crippen LogP contribution >= 0.6 is 11.6 Å². The van der Waals surface area contributed by atoms with Gasteiger partial charge in [0.1, 0.15) is 17.3 Å². The van der Waals surface area contributed by atoms with Crippen LogP contribution in [-0.4, -0.2) is 12.6 Å². The molecule has 0 saturated heterocycles. The Labute approximate surface area is 120 Å². The first-order valence-electron chi connectivity index (χ1n) is 5.90. The zero-order valence-corrected chi connectivity index (χ0v) is 11.5. The van der Waals surface area contributed by atoms with E-state index in [2.05, 4.69) is 0 Å². The van der Waals surface area contributed by atoms with Crippen LogP contribution in [0.15, 0.2) is 42.5 Å². The number of hydrogen-bond acceptors (Lipinski definition) is 3. The van der Waals surface area contributed by atoms with Gasteiger partial charge in [0.25, 0.3) is 0 Å². The van der Waals surface area contributed by atoms with Gasteiger partial charge in [-0.3, -0.25) is 0 Å². The highest BCUT2D eigenvalue weighted by atomic mass is 35.5. The number of rotatable bonds is 4. The summed E-state index contributed by atoms with van der Waals surface area (Å²) in [5, 5.41) is 0.601. The summed E-state index contributed by atoms with van der Waals surface area (Å²) in [7, 11) is 0. The largest absolute Gasteiger partial charge is 0.482 e. The maximum Gasteiger partial charge on any atom is 0.349 e. The van der Waals surface area contributed by atoms with Crippen molar-refractivity contribution >= 4 is 17.6 Å². The molecule has 20 heavy (non-hydrogen) atoms. The second-order valence-corrected chi connectivity index (χ2v) is 4.56. The van der Waals surface area contributed by atoms with Crippen LogP contribution in [0, 0.1) is 12.7 Å². The second kappa shape index (κ2) is 6.39. The molecule has 0 spiro atoms. The normalized spacial score (nSPS) is 10.2. The van der Waals surface area contributed by atoms with Gasteiger partial charge in [0.05, 0.1) is 0 Å². The van der Waals surface area contributed by atoms with E-state index >= 15 is 0 Å². The molecule has 0 heterocycles. The number of hydrogen-bond donors (Lipinski definition) is 0. The standard InChI is InChI=1S/C15H12ClFO3/c1-10-8-11(16)2-7-14(10)19-9-15(18)20-13-5-3-12(17)4-6-13/h2-8H,9H2,1H3. The molecule has 0 radical (unpaired) electrons. The van der Waals surface area contributed by atoms with Crippen LogP contribution in [0.2, 0.25) is 5.02 Å². The van der Waals surface area contributed by atoms with Crippen LogP contribution in [0.1, 0.15) is 5.56 Å². The summed E-state index contributed by atoms with van der Waals surface area (Å²) in [5.41, 5.74) is 0.826. The van der Waals surface area contributed by atoms with Crippen LogP contribution < -0.4 is 9.47 Å². The van der Waals surface area contributed by atoms with Gasteiger partial charge in [0, 0.05) is 5.02 Å². The average Bonchev–Trinajstić information content (AvgIpc) is 2.40. The van der Waals surface area contributed by atoms with Crippen LogP contribution in [0.5, 0.6) is 11.5 Å². The van der Waals surface area contributed by atoms with Gasteiger partial charge in [-0.1, -0.05) is 11.6 Å². The number of aryl methyl sites for hydroxylation is 1. The molecule has 0 aliphatic rings. The zero-order valence-electron chi connectivity index (χ0n) is 10.7. The summed E-state index contributed by atoms with van der Waals surface area (Å²) in [6.45, 7) is 1.59. The van der Waals surface area contributed by atoms with Crippen LogP contribution in [0.4, 0.5) is 4.39 Å². The van der Waals surface area contributed by atoms with E-state index in [1.807, 2.05) is 6.92 Å². The lowest BCUT2D eigenvalue weighted by Crippen LogP contribution is -2.18. The molecule has 0 aliphatic carbocycles. The Bertz CT molecular complexity index is 611. The van der Waals surface area contributed by atoms with E-state index in [9.17, 15) is 9.18 Å². The van der Waals surface area contributed by atoms with E-state index in [-0.39, 0.29) is 12.4 Å². The molecule has 2 aromatic carbocycles. The number of esters is 1. The van der Waals surface area contributed by atoms with Crippen molar-refractivity contribution in [3.05, 3.63) is 58.9 Å². The Hall–Kier alpha value is -2.07. The monoisotopic (exact) mass is 294 g/mol. The third-order valence-corrected chi connectivity index (χ3v) is 2.76. The minimum absolute atomic E-state index is 0.236. The molecule has 5 heteroatoms. The fourth-order valence-corrected chi connectivity index (χ4v) is 1.80. The maximum atomic E-state index is 12.7. The number of carbonyl (C=O) groups excluding carboxylic acids is 1. The van der Waals surface area contributed by atoms with Gasteiger partial charge < -0.3 is 9.47 Å². The van der Waals surface area contributed by atoms with E-state index in [0.717, 1.165) is 5.56 Å². The van der Waals surface area contributed by atoms with Crippen molar-refractivity contribution in [2.24, 2.45) is 0 Å². The summed E-state index contributed by atoms with van der Waals surface area (Å²) < 4.78 is 23.0. The number of halogens is 2. The fraction of sp³-hybridized carbons (Fsp3) is 0.133. The highest BCUT2D eigenvalue weighted by Crippen LogP contribution is 2.21. The molecule has 104 valence electrons. The average molecular weight is 295 g/mol. The first kappa shape index (κ1) is 14.3. The van der Waals surface area contributed by atoms with Gasteiger partial charge in [-0.25, -0.2) is 9.18 Å². The molecule has 0 N–H and O–H groups in total. The van der Waals surface area contributed by atoms with E-state index in [0.29, 0.717) is 10.8 Å². The third kappa shape index (κ3) is 3.96. The van der Waals surface area contributed by atoms with Crippen molar-refractivity contribution in [1.82, 2.24) is 0 Å². The third-order valence-electron chi connectivity index (χ3n) is 2.53. The van der Waals surface area contributed by atoms with Crippen molar-refractivity contribution < 1.29 is 18.7 Å². The van der Waals surface area contributed by atoms with E-state index in [4.69, 9.17) is 21.1 Å². The molecule has 0 aromatic heterocycles. The molecule has 0 amide bonds. The lowest BCUT2D eigenvalue weighted by molar-refractivity contribution is -0.136. The van der Waals surface area contributed by atoms with Crippen molar-refractivity contribution in [3.63, 3.8) is 0 Å². The van der Waals surface area contributed by atoms with E-state index in [1.54, 1.807) is 18.2 Å². The molecule has 0 bridgehead atoms. The lowest BCUT2D eigenvalue weighted by atomic mass is 10.2. The summed E-state index contributed by atoms with van der Waals surface area (Å²) >= 11 is 5.82. The van der Waals surface area contributed by atoms with Gasteiger partial charge in [0.15, 0.2) is 6.61 Å². The van der Waals surface area contributed by atoms with Gasteiger partial charge in [-0.2, -0.15) is 0 Å². The summed E-state index contributed by atoms with van der Waals surface area (Å²) in [6.07, 6.45) is 0.